The molecule has 3 atom stereocenters. The lowest BCUT2D eigenvalue weighted by molar-refractivity contribution is 0.185. The fourth-order valence-electron chi connectivity index (χ4n) is 3.93. The summed E-state index contributed by atoms with van der Waals surface area (Å²) in [6.07, 6.45) is 5.25. The minimum Gasteiger partial charge on any atom is -0.323 e. The topological polar surface area (TPSA) is 17.8 Å². The number of nitrogens with zero attached hydrogens (tertiary/aromatic N) is 2. The largest absolute Gasteiger partial charge is 0.323 e. The van der Waals surface area contributed by atoms with Crippen LogP contribution in [0.3, 0.4) is 0 Å². The molecule has 114 valence electrons. The standard InChI is InChI=1S/C18H25ClN2/c1-12(2)14-8-4-6-10-16(14)21-17-11-7-5-9-15(17)20-18(21)13(3)19/h5,7,9,11-14,16H,4,6,8,10H2,1-3H3. The van der Waals surface area contributed by atoms with Crippen molar-refractivity contribution in [3.05, 3.63) is 30.1 Å². The molecule has 3 rings (SSSR count). The van der Waals surface area contributed by atoms with Gasteiger partial charge in [0.25, 0.3) is 0 Å². The second-order valence-corrected chi connectivity index (χ2v) is 7.36. The summed E-state index contributed by atoms with van der Waals surface area (Å²) in [6, 6.07) is 9.00. The molecule has 1 saturated carbocycles. The van der Waals surface area contributed by atoms with Gasteiger partial charge in [0.05, 0.1) is 16.4 Å². The summed E-state index contributed by atoms with van der Waals surface area (Å²) in [5, 5.41) is -0.0489. The van der Waals surface area contributed by atoms with E-state index in [4.69, 9.17) is 16.6 Å². The Balaban J connectivity index is 2.14. The van der Waals surface area contributed by atoms with Gasteiger partial charge in [-0.05, 0) is 43.7 Å². The van der Waals surface area contributed by atoms with Gasteiger partial charge in [0.1, 0.15) is 5.82 Å². The van der Waals surface area contributed by atoms with Gasteiger partial charge in [0.15, 0.2) is 0 Å². The highest BCUT2D eigenvalue weighted by Gasteiger charge is 2.32. The minimum atomic E-state index is -0.0489. The van der Waals surface area contributed by atoms with Crippen molar-refractivity contribution >= 4 is 22.6 Å². The van der Waals surface area contributed by atoms with Crippen molar-refractivity contribution in [1.29, 1.82) is 0 Å². The third-order valence-electron chi connectivity index (χ3n) is 4.95. The number of rotatable bonds is 3. The maximum Gasteiger partial charge on any atom is 0.127 e. The Morgan fingerprint density at radius 2 is 1.86 bits per heavy atom. The van der Waals surface area contributed by atoms with Crippen molar-refractivity contribution in [3.8, 4) is 0 Å². The smallest absolute Gasteiger partial charge is 0.127 e. The molecule has 0 bridgehead atoms. The van der Waals surface area contributed by atoms with Crippen LogP contribution in [0.5, 0.6) is 0 Å². The fraction of sp³-hybridized carbons (Fsp3) is 0.611. The van der Waals surface area contributed by atoms with E-state index in [2.05, 4.69) is 42.7 Å². The number of imidazole rings is 1. The van der Waals surface area contributed by atoms with Gasteiger partial charge >= 0.3 is 0 Å². The highest BCUT2D eigenvalue weighted by Crippen LogP contribution is 2.42. The molecule has 1 aliphatic rings. The molecule has 1 aliphatic carbocycles. The molecular formula is C18H25ClN2. The third-order valence-corrected chi connectivity index (χ3v) is 5.14. The first-order valence-electron chi connectivity index (χ1n) is 8.20. The van der Waals surface area contributed by atoms with Gasteiger partial charge in [-0.1, -0.05) is 38.8 Å². The molecule has 0 radical (unpaired) electrons. The quantitative estimate of drug-likeness (QED) is 0.663. The van der Waals surface area contributed by atoms with Crippen LogP contribution in [0, 0.1) is 11.8 Å². The number of aromatic nitrogens is 2. The zero-order chi connectivity index (χ0) is 15.0. The summed E-state index contributed by atoms with van der Waals surface area (Å²) < 4.78 is 2.46. The van der Waals surface area contributed by atoms with E-state index in [9.17, 15) is 0 Å². The van der Waals surface area contributed by atoms with Crippen LogP contribution in [-0.2, 0) is 0 Å². The van der Waals surface area contributed by atoms with Crippen LogP contribution >= 0.6 is 11.6 Å². The Hall–Kier alpha value is -1.02. The van der Waals surface area contributed by atoms with E-state index in [0.29, 0.717) is 12.0 Å². The van der Waals surface area contributed by atoms with Crippen molar-refractivity contribution in [3.63, 3.8) is 0 Å². The van der Waals surface area contributed by atoms with Crippen LogP contribution in [0.15, 0.2) is 24.3 Å². The predicted octanol–water partition coefficient (Wildman–Crippen LogP) is 5.72. The van der Waals surface area contributed by atoms with Crippen molar-refractivity contribution < 1.29 is 0 Å². The first-order valence-corrected chi connectivity index (χ1v) is 8.64. The molecular weight excluding hydrogens is 280 g/mol. The van der Waals surface area contributed by atoms with Crippen molar-refractivity contribution in [1.82, 2.24) is 9.55 Å². The molecule has 1 aromatic heterocycles. The Morgan fingerprint density at radius 1 is 1.14 bits per heavy atom. The van der Waals surface area contributed by atoms with Crippen LogP contribution < -0.4 is 0 Å². The van der Waals surface area contributed by atoms with Gasteiger partial charge in [-0.15, -0.1) is 11.6 Å². The summed E-state index contributed by atoms with van der Waals surface area (Å²) in [5.74, 6) is 2.47. The number of hydrogen-bond acceptors (Lipinski definition) is 1. The second kappa shape index (κ2) is 6.00. The molecule has 1 aromatic carbocycles. The Kier molecular flexibility index (Phi) is 4.26. The molecule has 2 aromatic rings. The zero-order valence-electron chi connectivity index (χ0n) is 13.2. The van der Waals surface area contributed by atoms with E-state index >= 15 is 0 Å². The molecule has 0 saturated heterocycles. The molecule has 3 heteroatoms. The highest BCUT2D eigenvalue weighted by atomic mass is 35.5. The number of benzene rings is 1. The summed E-state index contributed by atoms with van der Waals surface area (Å²) in [4.78, 5) is 4.81. The van der Waals surface area contributed by atoms with E-state index in [1.165, 1.54) is 31.2 Å². The molecule has 0 aliphatic heterocycles. The van der Waals surface area contributed by atoms with Gasteiger partial charge in [-0.3, -0.25) is 0 Å². The summed E-state index contributed by atoms with van der Waals surface area (Å²) in [7, 11) is 0. The molecule has 1 heterocycles. The maximum atomic E-state index is 6.44. The Morgan fingerprint density at radius 3 is 2.57 bits per heavy atom. The highest BCUT2D eigenvalue weighted by molar-refractivity contribution is 6.20. The summed E-state index contributed by atoms with van der Waals surface area (Å²) in [5.41, 5.74) is 2.32. The first kappa shape index (κ1) is 14.9. The lowest BCUT2D eigenvalue weighted by Crippen LogP contribution is -2.28. The summed E-state index contributed by atoms with van der Waals surface area (Å²) in [6.45, 7) is 6.74. The van der Waals surface area contributed by atoms with Crippen LogP contribution in [0.4, 0.5) is 0 Å². The van der Waals surface area contributed by atoms with Crippen molar-refractivity contribution in [2.75, 3.05) is 0 Å². The number of halogens is 1. The molecule has 21 heavy (non-hydrogen) atoms. The number of fused-ring (bicyclic) bond motifs is 1. The van der Waals surface area contributed by atoms with Crippen molar-refractivity contribution in [2.24, 2.45) is 11.8 Å². The molecule has 0 spiro atoms. The number of hydrogen-bond donors (Lipinski definition) is 0. The average Bonchev–Trinajstić information content (AvgIpc) is 2.86. The van der Waals surface area contributed by atoms with E-state index < -0.39 is 0 Å². The van der Waals surface area contributed by atoms with Gasteiger partial charge in [0.2, 0.25) is 0 Å². The summed E-state index contributed by atoms with van der Waals surface area (Å²) >= 11 is 6.44. The van der Waals surface area contributed by atoms with Crippen LogP contribution in [0.1, 0.15) is 63.7 Å². The van der Waals surface area contributed by atoms with E-state index in [-0.39, 0.29) is 5.38 Å². The Bertz CT molecular complexity index is 615. The third kappa shape index (κ3) is 2.70. The molecule has 0 N–H and O–H groups in total. The zero-order valence-corrected chi connectivity index (χ0v) is 14.0. The first-order chi connectivity index (χ1) is 10.1. The monoisotopic (exact) mass is 304 g/mol. The minimum absolute atomic E-state index is 0.0489. The molecule has 1 fully saturated rings. The van der Waals surface area contributed by atoms with Crippen molar-refractivity contribution in [2.45, 2.75) is 57.9 Å². The lowest BCUT2D eigenvalue weighted by Gasteiger charge is -2.36. The fourth-order valence-corrected chi connectivity index (χ4v) is 4.08. The Labute approximate surface area is 132 Å². The predicted molar refractivity (Wildman–Crippen MR) is 89.8 cm³/mol. The van der Waals surface area contributed by atoms with Crippen LogP contribution in [0.2, 0.25) is 0 Å². The lowest BCUT2D eigenvalue weighted by atomic mass is 9.77. The van der Waals surface area contributed by atoms with Gasteiger partial charge < -0.3 is 4.57 Å². The maximum absolute atomic E-state index is 6.44. The molecule has 0 amide bonds. The van der Waals surface area contributed by atoms with Gasteiger partial charge in [0, 0.05) is 6.04 Å². The normalized spacial score (nSPS) is 24.6. The van der Waals surface area contributed by atoms with Gasteiger partial charge in [-0.25, -0.2) is 4.98 Å². The van der Waals surface area contributed by atoms with Crippen LogP contribution in [0.25, 0.3) is 11.0 Å². The average molecular weight is 305 g/mol. The molecule has 2 nitrogen and oxygen atoms in total. The van der Waals surface area contributed by atoms with E-state index in [1.54, 1.807) is 0 Å². The number of para-hydroxylation sites is 2. The van der Waals surface area contributed by atoms with E-state index in [1.807, 2.05) is 6.92 Å². The number of alkyl halides is 1. The SMILES string of the molecule is CC(Cl)c1nc2ccccc2n1C1CCCCC1C(C)C. The molecule has 3 unspecified atom stereocenters. The second-order valence-electron chi connectivity index (χ2n) is 6.70. The van der Waals surface area contributed by atoms with Gasteiger partial charge in [-0.2, -0.15) is 0 Å². The van der Waals surface area contributed by atoms with Crippen LogP contribution in [-0.4, -0.2) is 9.55 Å². The van der Waals surface area contributed by atoms with E-state index in [0.717, 1.165) is 17.3 Å².